The maximum atomic E-state index is 12.8. The summed E-state index contributed by atoms with van der Waals surface area (Å²) in [6.45, 7) is 1.72. The lowest BCUT2D eigenvalue weighted by atomic mass is 10.1. The molecule has 11 heteroatoms. The van der Waals surface area contributed by atoms with E-state index >= 15 is 0 Å². The van der Waals surface area contributed by atoms with Gasteiger partial charge < -0.3 is 26.0 Å². The van der Waals surface area contributed by atoms with Crippen LogP contribution >= 0.6 is 22.7 Å². The van der Waals surface area contributed by atoms with Crippen LogP contribution in [0.4, 0.5) is 0 Å². The fraction of sp³-hybridized carbons (Fsp3) is 0.167. The number of amides is 3. The molecule has 0 aliphatic carbocycles. The molecule has 0 fully saturated rings. The quantitative estimate of drug-likeness (QED) is 0.235. The highest BCUT2D eigenvalue weighted by molar-refractivity contribution is 7.16. The van der Waals surface area contributed by atoms with Gasteiger partial charge in [-0.25, -0.2) is 4.79 Å². The molecule has 0 radical (unpaired) electrons. The van der Waals surface area contributed by atoms with Crippen LogP contribution in [0, 0.1) is 6.92 Å². The molecule has 0 aliphatic heterocycles. The minimum atomic E-state index is -1.33. The molecule has 9 nitrogen and oxygen atoms in total. The van der Waals surface area contributed by atoms with E-state index in [0.29, 0.717) is 21.9 Å². The summed E-state index contributed by atoms with van der Waals surface area (Å²) in [6, 6.07) is 11.3. The lowest BCUT2D eigenvalue weighted by molar-refractivity contribution is -0.139. The maximum absolute atomic E-state index is 12.8. The van der Waals surface area contributed by atoms with E-state index in [1.807, 2.05) is 30.5 Å². The molecule has 0 unspecified atom stereocenters. The van der Waals surface area contributed by atoms with E-state index in [2.05, 4.69) is 20.9 Å². The number of carbonyl (C=O) groups is 4. The van der Waals surface area contributed by atoms with Crippen LogP contribution < -0.4 is 16.0 Å². The lowest BCUT2D eigenvalue weighted by Gasteiger charge is -2.15. The van der Waals surface area contributed by atoms with Crippen molar-refractivity contribution in [1.82, 2.24) is 20.9 Å². The third kappa shape index (κ3) is 5.58. The van der Waals surface area contributed by atoms with Gasteiger partial charge in [-0.3, -0.25) is 14.4 Å². The average molecular weight is 511 g/mol. The van der Waals surface area contributed by atoms with Gasteiger partial charge in [0.25, 0.3) is 17.7 Å². The summed E-state index contributed by atoms with van der Waals surface area (Å²) in [5, 5.41) is 20.0. The number of rotatable bonds is 9. The molecule has 5 N–H and O–H groups in total. The molecule has 0 bridgehead atoms. The van der Waals surface area contributed by atoms with Gasteiger partial charge in [-0.1, -0.05) is 18.2 Å². The molecule has 0 spiro atoms. The smallest absolute Gasteiger partial charge is 0.328 e. The fourth-order valence-electron chi connectivity index (χ4n) is 3.50. The Labute approximate surface area is 208 Å². The largest absolute Gasteiger partial charge is 0.480 e. The second-order valence-corrected chi connectivity index (χ2v) is 9.71. The zero-order valence-electron chi connectivity index (χ0n) is 18.6. The number of aromatic amines is 1. The number of aromatic nitrogens is 1. The number of aryl methyl sites for hydroxylation is 1. The first-order valence-electron chi connectivity index (χ1n) is 10.6. The Kier molecular flexibility index (Phi) is 7.28. The first-order chi connectivity index (χ1) is 16.8. The van der Waals surface area contributed by atoms with Gasteiger partial charge >= 0.3 is 5.97 Å². The highest BCUT2D eigenvalue weighted by atomic mass is 32.1. The minimum Gasteiger partial charge on any atom is -0.480 e. The number of nitrogens with one attached hydrogen (secondary N) is 4. The molecule has 1 atom stereocenters. The van der Waals surface area contributed by atoms with Crippen LogP contribution in [-0.2, 0) is 11.3 Å². The Hall–Kier alpha value is -3.96. The summed E-state index contributed by atoms with van der Waals surface area (Å²) in [4.78, 5) is 53.4. The summed E-state index contributed by atoms with van der Waals surface area (Å²) in [6.07, 6.45) is 1.83. The molecule has 3 amide bonds. The van der Waals surface area contributed by atoms with E-state index in [9.17, 15) is 24.3 Å². The third-order valence-corrected chi connectivity index (χ3v) is 7.39. The Morgan fingerprint density at radius 1 is 1.00 bits per heavy atom. The summed E-state index contributed by atoms with van der Waals surface area (Å²) >= 11 is 2.21. The van der Waals surface area contributed by atoms with Gasteiger partial charge in [0.1, 0.15) is 6.04 Å². The molecule has 4 rings (SSSR count). The summed E-state index contributed by atoms with van der Waals surface area (Å²) in [5.74, 6) is -2.65. The molecular formula is C24H22N4O5S2. The molecule has 0 saturated carbocycles. The first-order valence-corrected chi connectivity index (χ1v) is 12.3. The zero-order chi connectivity index (χ0) is 24.9. The van der Waals surface area contributed by atoms with Crippen LogP contribution in [-0.4, -0.2) is 46.4 Å². The van der Waals surface area contributed by atoms with E-state index in [4.69, 9.17) is 0 Å². The van der Waals surface area contributed by atoms with Crippen LogP contribution in [0.15, 0.2) is 54.0 Å². The molecule has 0 aliphatic rings. The van der Waals surface area contributed by atoms with Gasteiger partial charge in [0.2, 0.25) is 0 Å². The fourth-order valence-corrected chi connectivity index (χ4v) is 5.13. The van der Waals surface area contributed by atoms with Gasteiger partial charge in [0.05, 0.1) is 14.6 Å². The van der Waals surface area contributed by atoms with E-state index in [-0.39, 0.29) is 17.3 Å². The highest BCUT2D eigenvalue weighted by Crippen LogP contribution is 2.23. The van der Waals surface area contributed by atoms with Crippen molar-refractivity contribution >= 4 is 57.3 Å². The summed E-state index contributed by atoms with van der Waals surface area (Å²) < 4.78 is 0. The van der Waals surface area contributed by atoms with Crippen molar-refractivity contribution in [2.75, 3.05) is 6.54 Å². The third-order valence-electron chi connectivity index (χ3n) is 5.29. The Morgan fingerprint density at radius 3 is 2.54 bits per heavy atom. The molecule has 3 heterocycles. The minimum absolute atomic E-state index is 0.235. The van der Waals surface area contributed by atoms with E-state index < -0.39 is 23.8 Å². The standard InChI is InChI=1S/C24H22N4O5S2/c1-13-10-19(22(30)26-11-14-4-2-5-16-15(14)7-8-25-16)35-20(13)23(31)28-17(24(32)33)12-27-21(29)18-6-3-9-34-18/h2-10,17,25H,11-12H2,1H3,(H,26,30)(H,27,29)(H,28,31)(H,32,33)/t17-/m0/s1. The van der Waals surface area contributed by atoms with Crippen molar-refractivity contribution in [2.24, 2.45) is 0 Å². The number of fused-ring (bicyclic) bond motifs is 1. The van der Waals surface area contributed by atoms with Gasteiger partial charge in [-0.15, -0.1) is 22.7 Å². The average Bonchev–Trinajstić information content (AvgIpc) is 3.60. The second-order valence-electron chi connectivity index (χ2n) is 7.71. The molecule has 1 aromatic carbocycles. The van der Waals surface area contributed by atoms with Gasteiger partial charge in [0, 0.05) is 30.2 Å². The van der Waals surface area contributed by atoms with Gasteiger partial charge in [0.15, 0.2) is 0 Å². The molecule has 4 aromatic rings. The maximum Gasteiger partial charge on any atom is 0.328 e. The highest BCUT2D eigenvalue weighted by Gasteiger charge is 2.25. The van der Waals surface area contributed by atoms with Crippen LogP contribution in [0.3, 0.4) is 0 Å². The zero-order valence-corrected chi connectivity index (χ0v) is 20.2. The Balaban J connectivity index is 1.38. The molecule has 0 saturated heterocycles. The van der Waals surface area contributed by atoms with Crippen molar-refractivity contribution < 1.29 is 24.3 Å². The topological polar surface area (TPSA) is 140 Å². The van der Waals surface area contributed by atoms with Gasteiger partial charge in [-0.05, 0) is 47.7 Å². The van der Waals surface area contributed by atoms with Crippen molar-refractivity contribution in [3.8, 4) is 0 Å². The summed E-state index contributed by atoms with van der Waals surface area (Å²) in [5.41, 5.74) is 2.48. The SMILES string of the molecule is Cc1cc(C(=O)NCc2cccc3[nH]ccc23)sc1C(=O)N[C@@H](CNC(=O)c1cccs1)C(=O)O. The predicted octanol–water partition coefficient (Wildman–Crippen LogP) is 3.14. The number of hydrogen-bond acceptors (Lipinski definition) is 6. The Morgan fingerprint density at radius 2 is 1.80 bits per heavy atom. The predicted molar refractivity (Wildman–Crippen MR) is 134 cm³/mol. The molecule has 180 valence electrons. The van der Waals surface area contributed by atoms with E-state index in [0.717, 1.165) is 27.8 Å². The molecule has 35 heavy (non-hydrogen) atoms. The van der Waals surface area contributed by atoms with Crippen molar-refractivity contribution in [3.63, 3.8) is 0 Å². The number of benzene rings is 1. The number of carboxylic acid groups (broad SMARTS) is 1. The number of hydrogen-bond donors (Lipinski definition) is 5. The van der Waals surface area contributed by atoms with Crippen LogP contribution in [0.1, 0.15) is 40.1 Å². The number of aliphatic carboxylic acids is 1. The lowest BCUT2D eigenvalue weighted by Crippen LogP contribution is -2.48. The van der Waals surface area contributed by atoms with Crippen molar-refractivity contribution in [3.05, 3.63) is 79.8 Å². The van der Waals surface area contributed by atoms with Crippen molar-refractivity contribution in [2.45, 2.75) is 19.5 Å². The Bertz CT molecular complexity index is 1390. The molecule has 3 aromatic heterocycles. The van der Waals surface area contributed by atoms with Crippen LogP contribution in [0.5, 0.6) is 0 Å². The molecular weight excluding hydrogens is 488 g/mol. The number of carboxylic acids is 1. The van der Waals surface area contributed by atoms with Gasteiger partial charge in [-0.2, -0.15) is 0 Å². The normalized spacial score (nSPS) is 11.7. The van der Waals surface area contributed by atoms with Crippen LogP contribution in [0.2, 0.25) is 0 Å². The summed E-state index contributed by atoms with van der Waals surface area (Å²) in [7, 11) is 0. The number of H-pyrrole nitrogens is 1. The van der Waals surface area contributed by atoms with Crippen LogP contribution in [0.25, 0.3) is 10.9 Å². The number of thiophene rings is 2. The van der Waals surface area contributed by atoms with E-state index in [1.165, 1.54) is 11.3 Å². The van der Waals surface area contributed by atoms with E-state index in [1.54, 1.807) is 30.5 Å². The number of carbonyl (C=O) groups excluding carboxylic acids is 3. The second kappa shape index (κ2) is 10.5. The first kappa shape index (κ1) is 24.2. The van der Waals surface area contributed by atoms with Crippen molar-refractivity contribution in [1.29, 1.82) is 0 Å². The monoisotopic (exact) mass is 510 g/mol.